The molecule has 0 unspecified atom stereocenters. The van der Waals surface area contributed by atoms with Gasteiger partial charge in [0.25, 0.3) is 5.91 Å². The van der Waals surface area contributed by atoms with E-state index in [0.717, 1.165) is 72.8 Å². The first-order chi connectivity index (χ1) is 18.2. The summed E-state index contributed by atoms with van der Waals surface area (Å²) in [7, 11) is 0. The van der Waals surface area contributed by atoms with E-state index in [1.54, 1.807) is 6.20 Å². The van der Waals surface area contributed by atoms with E-state index in [9.17, 15) is 4.79 Å². The molecule has 0 atom stereocenters. The summed E-state index contributed by atoms with van der Waals surface area (Å²) in [5.41, 5.74) is 4.17. The molecular formula is C28H30N8O. The highest BCUT2D eigenvalue weighted by Crippen LogP contribution is 2.25. The second-order valence-corrected chi connectivity index (χ2v) is 9.60. The lowest BCUT2D eigenvalue weighted by Crippen LogP contribution is -2.42. The number of nitrogens with zero attached hydrogens (tertiary/aromatic N) is 5. The molecule has 0 radical (unpaired) electrons. The van der Waals surface area contributed by atoms with Gasteiger partial charge >= 0.3 is 0 Å². The fraction of sp³-hybridized carbons (Fsp3) is 0.321. The van der Waals surface area contributed by atoms with Crippen molar-refractivity contribution in [1.29, 1.82) is 0 Å². The summed E-state index contributed by atoms with van der Waals surface area (Å²) >= 11 is 0. The third kappa shape index (κ3) is 5.36. The van der Waals surface area contributed by atoms with Gasteiger partial charge in [-0.1, -0.05) is 6.07 Å². The van der Waals surface area contributed by atoms with Crippen molar-refractivity contribution in [1.82, 2.24) is 30.6 Å². The number of fused-ring (bicyclic) bond motifs is 1. The van der Waals surface area contributed by atoms with Gasteiger partial charge in [-0.25, -0.2) is 19.9 Å². The van der Waals surface area contributed by atoms with E-state index < -0.39 is 0 Å². The largest absolute Gasteiger partial charge is 0.349 e. The van der Waals surface area contributed by atoms with E-state index in [0.29, 0.717) is 11.5 Å². The van der Waals surface area contributed by atoms with Crippen LogP contribution in [0.15, 0.2) is 60.9 Å². The first kappa shape index (κ1) is 23.3. The van der Waals surface area contributed by atoms with Crippen LogP contribution in [0.3, 0.4) is 0 Å². The minimum Gasteiger partial charge on any atom is -0.349 e. The molecule has 9 heteroatoms. The molecule has 0 saturated carbocycles. The predicted molar refractivity (Wildman–Crippen MR) is 145 cm³/mol. The Morgan fingerprint density at radius 3 is 2.57 bits per heavy atom. The van der Waals surface area contributed by atoms with Crippen LogP contribution in [-0.2, 0) is 0 Å². The summed E-state index contributed by atoms with van der Waals surface area (Å²) in [5, 5.41) is 10.7. The first-order valence-electron chi connectivity index (χ1n) is 13.0. The Morgan fingerprint density at radius 2 is 1.76 bits per heavy atom. The molecule has 0 spiro atoms. The maximum absolute atomic E-state index is 12.6. The van der Waals surface area contributed by atoms with Gasteiger partial charge in [-0.2, -0.15) is 0 Å². The molecule has 3 N–H and O–H groups in total. The lowest BCUT2D eigenvalue weighted by Gasteiger charge is -2.23. The molecule has 0 bridgehead atoms. The van der Waals surface area contributed by atoms with Crippen LogP contribution in [0.5, 0.6) is 0 Å². The fourth-order valence-electron chi connectivity index (χ4n) is 4.90. The lowest BCUT2D eigenvalue weighted by molar-refractivity contribution is 0.0929. The average molecular weight is 495 g/mol. The Bertz CT molecular complexity index is 1400. The lowest BCUT2D eigenvalue weighted by atomic mass is 10.1. The fourth-order valence-corrected chi connectivity index (χ4v) is 4.90. The van der Waals surface area contributed by atoms with Gasteiger partial charge in [0.05, 0.1) is 11.2 Å². The van der Waals surface area contributed by atoms with E-state index in [2.05, 4.69) is 36.9 Å². The summed E-state index contributed by atoms with van der Waals surface area (Å²) in [6.07, 6.45) is 7.95. The molecule has 9 nitrogen and oxygen atoms in total. The van der Waals surface area contributed by atoms with Crippen LogP contribution in [-0.4, -0.2) is 58.1 Å². The zero-order chi connectivity index (χ0) is 25.0. The summed E-state index contributed by atoms with van der Waals surface area (Å²) in [6.45, 7) is 3.93. The van der Waals surface area contributed by atoms with E-state index in [4.69, 9.17) is 9.97 Å². The van der Waals surface area contributed by atoms with E-state index in [1.807, 2.05) is 48.7 Å². The van der Waals surface area contributed by atoms with Gasteiger partial charge in [0.2, 0.25) is 11.9 Å². The molecule has 2 aromatic heterocycles. The van der Waals surface area contributed by atoms with E-state index >= 15 is 0 Å². The van der Waals surface area contributed by atoms with E-state index in [-0.39, 0.29) is 11.9 Å². The number of rotatable bonds is 6. The molecule has 1 amide bonds. The number of hydrogen-bond donors (Lipinski definition) is 3. The van der Waals surface area contributed by atoms with Gasteiger partial charge < -0.3 is 20.9 Å². The number of piperidine rings is 1. The van der Waals surface area contributed by atoms with Crippen LogP contribution < -0.4 is 20.9 Å². The molecule has 37 heavy (non-hydrogen) atoms. The highest BCUT2D eigenvalue weighted by Gasteiger charge is 2.17. The quantitative estimate of drug-likeness (QED) is 0.370. The van der Waals surface area contributed by atoms with Crippen molar-refractivity contribution in [3.05, 3.63) is 66.5 Å². The number of amides is 1. The highest BCUT2D eigenvalue weighted by molar-refractivity contribution is 5.94. The maximum Gasteiger partial charge on any atom is 0.251 e. The van der Waals surface area contributed by atoms with Gasteiger partial charge in [0.15, 0.2) is 0 Å². The summed E-state index contributed by atoms with van der Waals surface area (Å²) in [4.78, 5) is 33.2. The zero-order valence-electron chi connectivity index (χ0n) is 20.7. The van der Waals surface area contributed by atoms with Gasteiger partial charge in [-0.05, 0) is 81.2 Å². The van der Waals surface area contributed by atoms with Gasteiger partial charge in [-0.3, -0.25) is 4.79 Å². The second-order valence-electron chi connectivity index (χ2n) is 9.60. The molecule has 4 heterocycles. The Labute approximate surface area is 215 Å². The summed E-state index contributed by atoms with van der Waals surface area (Å²) in [6, 6.07) is 15.6. The number of carbonyl (C=O) groups is 1. The molecule has 4 aromatic rings. The average Bonchev–Trinajstić information content (AvgIpc) is 3.49. The van der Waals surface area contributed by atoms with Crippen LogP contribution in [0.25, 0.3) is 22.2 Å². The second kappa shape index (κ2) is 10.5. The molecule has 2 aliphatic rings. The SMILES string of the molecule is O=C(NC1CCNCC1)c1ccc(Nc2nccc(-c3ccc4nc(N5CCCC5)ncc4c3)n2)cc1. The van der Waals surface area contributed by atoms with Crippen molar-refractivity contribution in [2.45, 2.75) is 31.7 Å². The summed E-state index contributed by atoms with van der Waals surface area (Å²) in [5.74, 6) is 1.26. The molecule has 2 aromatic carbocycles. The van der Waals surface area contributed by atoms with Crippen molar-refractivity contribution in [2.24, 2.45) is 0 Å². The molecule has 6 rings (SSSR count). The Morgan fingerprint density at radius 1 is 0.946 bits per heavy atom. The van der Waals surface area contributed by atoms with E-state index in [1.165, 1.54) is 12.8 Å². The number of anilines is 3. The molecule has 2 fully saturated rings. The van der Waals surface area contributed by atoms with Crippen LogP contribution in [0.1, 0.15) is 36.0 Å². The van der Waals surface area contributed by atoms with Crippen LogP contribution >= 0.6 is 0 Å². The zero-order valence-corrected chi connectivity index (χ0v) is 20.7. The van der Waals surface area contributed by atoms with Gasteiger partial charge in [0.1, 0.15) is 0 Å². The number of benzene rings is 2. The highest BCUT2D eigenvalue weighted by atomic mass is 16.1. The minimum absolute atomic E-state index is 0.0375. The number of nitrogens with one attached hydrogen (secondary N) is 3. The number of hydrogen-bond acceptors (Lipinski definition) is 8. The molecule has 2 saturated heterocycles. The molecule has 2 aliphatic heterocycles. The number of carbonyl (C=O) groups excluding carboxylic acids is 1. The minimum atomic E-state index is -0.0375. The third-order valence-corrected chi connectivity index (χ3v) is 6.98. The standard InChI is InChI=1S/C28H30N8O/c37-26(32-23-9-12-29-13-10-23)19-3-6-22(7-4-19)33-27-30-14-11-25(34-27)20-5-8-24-21(17-20)18-31-28(35-24)36-15-1-2-16-36/h3-8,11,14,17-18,23,29H,1-2,9-10,12-13,15-16H2,(H,32,37)(H,30,33,34). The summed E-state index contributed by atoms with van der Waals surface area (Å²) < 4.78 is 0. The Balaban J connectivity index is 1.14. The van der Waals surface area contributed by atoms with Crippen molar-refractivity contribution in [2.75, 3.05) is 36.4 Å². The van der Waals surface area contributed by atoms with Gasteiger partial charge in [0, 0.05) is 53.7 Å². The Kier molecular flexibility index (Phi) is 6.60. The molecule has 0 aliphatic carbocycles. The molecule has 188 valence electrons. The topological polar surface area (TPSA) is 108 Å². The molecular weight excluding hydrogens is 464 g/mol. The third-order valence-electron chi connectivity index (χ3n) is 6.98. The predicted octanol–water partition coefficient (Wildman–Crippen LogP) is 3.91. The van der Waals surface area contributed by atoms with Crippen LogP contribution in [0.4, 0.5) is 17.6 Å². The van der Waals surface area contributed by atoms with Crippen molar-refractivity contribution >= 4 is 34.4 Å². The van der Waals surface area contributed by atoms with Crippen LogP contribution in [0, 0.1) is 0 Å². The number of aromatic nitrogens is 4. The smallest absolute Gasteiger partial charge is 0.251 e. The first-order valence-corrected chi connectivity index (χ1v) is 13.0. The Hall–Kier alpha value is -4.11. The van der Waals surface area contributed by atoms with Crippen molar-refractivity contribution in [3.8, 4) is 11.3 Å². The monoisotopic (exact) mass is 494 g/mol. The van der Waals surface area contributed by atoms with Crippen molar-refractivity contribution in [3.63, 3.8) is 0 Å². The normalized spacial score (nSPS) is 16.2. The van der Waals surface area contributed by atoms with Gasteiger partial charge in [-0.15, -0.1) is 0 Å². The van der Waals surface area contributed by atoms with Crippen molar-refractivity contribution < 1.29 is 4.79 Å². The maximum atomic E-state index is 12.6. The van der Waals surface area contributed by atoms with Crippen LogP contribution in [0.2, 0.25) is 0 Å².